The number of likely N-dealkylation sites (N-methyl/N-ethyl adjacent to an activating group) is 1. The number of aromatic amines is 1. The van der Waals surface area contributed by atoms with Gasteiger partial charge in [0.1, 0.15) is 11.9 Å². The quantitative estimate of drug-likeness (QED) is 0.816. The van der Waals surface area contributed by atoms with Gasteiger partial charge >= 0.3 is 5.97 Å². The van der Waals surface area contributed by atoms with Gasteiger partial charge in [-0.25, -0.2) is 4.39 Å². The third-order valence-electron chi connectivity index (χ3n) is 4.39. The predicted molar refractivity (Wildman–Crippen MR) is 90.5 cm³/mol. The molecule has 6 heteroatoms. The van der Waals surface area contributed by atoms with E-state index < -0.39 is 12.0 Å². The number of hydrogen-bond donors (Lipinski definition) is 2. The lowest BCUT2D eigenvalue weighted by atomic mass is 10.0. The highest BCUT2D eigenvalue weighted by Crippen LogP contribution is 2.23. The van der Waals surface area contributed by atoms with Gasteiger partial charge in [0.05, 0.1) is 5.69 Å². The Morgan fingerprint density at radius 3 is 2.62 bits per heavy atom. The van der Waals surface area contributed by atoms with Crippen molar-refractivity contribution in [3.8, 4) is 0 Å². The number of benzene rings is 1. The van der Waals surface area contributed by atoms with Gasteiger partial charge in [-0.05, 0) is 70.0 Å². The summed E-state index contributed by atoms with van der Waals surface area (Å²) in [4.78, 5) is 13.5. The van der Waals surface area contributed by atoms with Crippen molar-refractivity contribution < 1.29 is 14.3 Å². The molecule has 1 unspecified atom stereocenters. The minimum Gasteiger partial charge on any atom is -0.480 e. The molecule has 2 aromatic rings. The Morgan fingerprint density at radius 1 is 1.38 bits per heavy atom. The second-order valence-electron chi connectivity index (χ2n) is 6.25. The lowest BCUT2D eigenvalue weighted by Gasteiger charge is -2.25. The SMILES string of the molecule is Cc1cc(C(C(=O)O)N(C)CCCc2c(C)n[nH]c2C)ccc1F. The van der Waals surface area contributed by atoms with Crippen LogP contribution in [0.1, 0.15) is 40.5 Å². The lowest BCUT2D eigenvalue weighted by Crippen LogP contribution is -2.32. The highest BCUT2D eigenvalue weighted by atomic mass is 19.1. The molecule has 24 heavy (non-hydrogen) atoms. The number of hydrogen-bond acceptors (Lipinski definition) is 3. The normalized spacial score (nSPS) is 12.6. The molecule has 0 spiro atoms. The minimum atomic E-state index is -0.931. The van der Waals surface area contributed by atoms with Gasteiger partial charge in [0.2, 0.25) is 0 Å². The first-order valence-corrected chi connectivity index (χ1v) is 8.00. The van der Waals surface area contributed by atoms with E-state index in [1.54, 1.807) is 31.0 Å². The van der Waals surface area contributed by atoms with Crippen molar-refractivity contribution in [2.24, 2.45) is 0 Å². The van der Waals surface area contributed by atoms with Crippen LogP contribution in [0.2, 0.25) is 0 Å². The van der Waals surface area contributed by atoms with Crippen molar-refractivity contribution in [1.29, 1.82) is 0 Å². The van der Waals surface area contributed by atoms with Crippen LogP contribution in [0.3, 0.4) is 0 Å². The van der Waals surface area contributed by atoms with Crippen LogP contribution < -0.4 is 0 Å². The number of carboxylic acid groups (broad SMARTS) is 1. The van der Waals surface area contributed by atoms with Crippen molar-refractivity contribution in [2.75, 3.05) is 13.6 Å². The number of aromatic nitrogens is 2. The van der Waals surface area contributed by atoms with Crippen LogP contribution in [-0.2, 0) is 11.2 Å². The predicted octanol–water partition coefficient (Wildman–Crippen LogP) is 3.16. The summed E-state index contributed by atoms with van der Waals surface area (Å²) in [5.74, 6) is -1.25. The largest absolute Gasteiger partial charge is 0.480 e. The second kappa shape index (κ2) is 7.57. The fourth-order valence-corrected chi connectivity index (χ4v) is 3.00. The third-order valence-corrected chi connectivity index (χ3v) is 4.39. The summed E-state index contributed by atoms with van der Waals surface area (Å²) in [6.07, 6.45) is 1.66. The van der Waals surface area contributed by atoms with E-state index in [1.165, 1.54) is 11.6 Å². The Hall–Kier alpha value is -2.21. The number of carboxylic acids is 1. The lowest BCUT2D eigenvalue weighted by molar-refractivity contribution is -0.143. The Bertz CT molecular complexity index is 708. The monoisotopic (exact) mass is 333 g/mol. The standard InChI is InChI=1S/C18H24FN3O2/c1-11-10-14(7-8-16(11)19)17(18(23)24)22(4)9-5-6-15-12(2)20-21-13(15)3/h7-8,10,17H,5-6,9H2,1-4H3,(H,20,21)(H,23,24). The number of aryl methyl sites for hydroxylation is 3. The fourth-order valence-electron chi connectivity index (χ4n) is 3.00. The van der Waals surface area contributed by atoms with E-state index in [4.69, 9.17) is 0 Å². The molecule has 0 amide bonds. The molecule has 2 rings (SSSR count). The van der Waals surface area contributed by atoms with E-state index in [1.807, 2.05) is 13.8 Å². The number of aliphatic carboxylic acids is 1. The van der Waals surface area contributed by atoms with E-state index in [-0.39, 0.29) is 5.82 Å². The molecule has 0 aliphatic carbocycles. The number of nitrogens with zero attached hydrogens (tertiary/aromatic N) is 2. The first kappa shape index (κ1) is 18.1. The molecule has 0 aliphatic rings. The molecule has 0 saturated heterocycles. The van der Waals surface area contributed by atoms with Gasteiger partial charge in [-0.15, -0.1) is 0 Å². The van der Waals surface area contributed by atoms with Crippen LogP contribution in [0.25, 0.3) is 0 Å². The molecule has 0 fully saturated rings. The zero-order valence-corrected chi connectivity index (χ0v) is 14.6. The zero-order valence-electron chi connectivity index (χ0n) is 14.6. The molecule has 1 heterocycles. The van der Waals surface area contributed by atoms with Gasteiger partial charge in [-0.1, -0.05) is 12.1 Å². The fraction of sp³-hybridized carbons (Fsp3) is 0.444. The number of rotatable bonds is 7. The van der Waals surface area contributed by atoms with Gasteiger partial charge in [-0.2, -0.15) is 5.10 Å². The van der Waals surface area contributed by atoms with Crippen molar-refractivity contribution >= 4 is 5.97 Å². The maximum absolute atomic E-state index is 13.4. The molecule has 1 atom stereocenters. The molecule has 0 bridgehead atoms. The summed E-state index contributed by atoms with van der Waals surface area (Å²) in [6, 6.07) is 3.69. The van der Waals surface area contributed by atoms with Gasteiger partial charge < -0.3 is 5.11 Å². The van der Waals surface area contributed by atoms with Crippen molar-refractivity contribution in [2.45, 2.75) is 39.7 Å². The van der Waals surface area contributed by atoms with E-state index in [9.17, 15) is 14.3 Å². The smallest absolute Gasteiger partial charge is 0.325 e. The van der Waals surface area contributed by atoms with Crippen LogP contribution in [0.4, 0.5) is 4.39 Å². The summed E-state index contributed by atoms with van der Waals surface area (Å²) in [6.45, 7) is 6.21. The molecule has 1 aromatic heterocycles. The minimum absolute atomic E-state index is 0.323. The van der Waals surface area contributed by atoms with Crippen LogP contribution >= 0.6 is 0 Å². The van der Waals surface area contributed by atoms with Crippen molar-refractivity contribution in [3.63, 3.8) is 0 Å². The van der Waals surface area contributed by atoms with Crippen LogP contribution in [0, 0.1) is 26.6 Å². The van der Waals surface area contributed by atoms with Crippen LogP contribution in [-0.4, -0.2) is 39.8 Å². The molecule has 1 aromatic carbocycles. The number of H-pyrrole nitrogens is 1. The molecule has 2 N–H and O–H groups in total. The van der Waals surface area contributed by atoms with Gasteiger partial charge in [-0.3, -0.25) is 14.8 Å². The van der Waals surface area contributed by atoms with Gasteiger partial charge in [0, 0.05) is 5.69 Å². The number of nitrogens with one attached hydrogen (secondary N) is 1. The highest BCUT2D eigenvalue weighted by Gasteiger charge is 2.25. The summed E-state index contributed by atoms with van der Waals surface area (Å²) in [7, 11) is 1.78. The summed E-state index contributed by atoms with van der Waals surface area (Å²) < 4.78 is 13.4. The molecule has 0 aliphatic heterocycles. The highest BCUT2D eigenvalue weighted by molar-refractivity contribution is 5.75. The van der Waals surface area contributed by atoms with Gasteiger partial charge in [0.25, 0.3) is 0 Å². The zero-order chi connectivity index (χ0) is 17.9. The van der Waals surface area contributed by atoms with E-state index in [0.717, 1.165) is 24.2 Å². The summed E-state index contributed by atoms with van der Waals surface area (Å²) in [5, 5.41) is 16.7. The average molecular weight is 333 g/mol. The molecule has 5 nitrogen and oxygen atoms in total. The Kier molecular flexibility index (Phi) is 5.72. The molecule has 0 radical (unpaired) electrons. The van der Waals surface area contributed by atoms with Gasteiger partial charge in [0.15, 0.2) is 0 Å². The molecular formula is C18H24FN3O2. The van der Waals surface area contributed by atoms with Crippen LogP contribution in [0.15, 0.2) is 18.2 Å². The maximum Gasteiger partial charge on any atom is 0.325 e. The number of halogens is 1. The Labute approximate surface area is 141 Å². The second-order valence-corrected chi connectivity index (χ2v) is 6.25. The average Bonchev–Trinajstić information content (AvgIpc) is 2.82. The third kappa shape index (κ3) is 4.00. The van der Waals surface area contributed by atoms with E-state index in [2.05, 4.69) is 10.2 Å². The maximum atomic E-state index is 13.4. The molecule has 0 saturated carbocycles. The van der Waals surface area contributed by atoms with Crippen molar-refractivity contribution in [1.82, 2.24) is 15.1 Å². The van der Waals surface area contributed by atoms with Crippen molar-refractivity contribution in [3.05, 3.63) is 52.1 Å². The Balaban J connectivity index is 2.05. The molecule has 130 valence electrons. The summed E-state index contributed by atoms with van der Waals surface area (Å²) >= 11 is 0. The van der Waals surface area contributed by atoms with E-state index in [0.29, 0.717) is 17.7 Å². The number of carbonyl (C=O) groups is 1. The van der Waals surface area contributed by atoms with E-state index >= 15 is 0 Å². The van der Waals surface area contributed by atoms with Crippen LogP contribution in [0.5, 0.6) is 0 Å². The Morgan fingerprint density at radius 2 is 2.08 bits per heavy atom. The first-order chi connectivity index (χ1) is 11.3. The molecular weight excluding hydrogens is 309 g/mol. The topological polar surface area (TPSA) is 69.2 Å². The summed E-state index contributed by atoms with van der Waals surface area (Å²) in [5.41, 5.74) is 4.28. The first-order valence-electron chi connectivity index (χ1n) is 8.00.